The van der Waals surface area contributed by atoms with Crippen molar-refractivity contribution in [3.05, 3.63) is 59.9 Å². The molecule has 6 heteroatoms. The van der Waals surface area contributed by atoms with E-state index in [-0.39, 0.29) is 17.2 Å². The van der Waals surface area contributed by atoms with Gasteiger partial charge in [-0.25, -0.2) is 0 Å². The number of pyridine rings is 1. The minimum absolute atomic E-state index is 0.158. The molecule has 1 aliphatic carbocycles. The Morgan fingerprint density at radius 3 is 2.96 bits per heavy atom. The fraction of sp³-hybridized carbons (Fsp3) is 0.409. The van der Waals surface area contributed by atoms with Crippen molar-refractivity contribution in [2.75, 3.05) is 18.4 Å². The molecular weight excluding hydrogens is 352 g/mol. The van der Waals surface area contributed by atoms with Gasteiger partial charge in [0.15, 0.2) is 0 Å². The minimum atomic E-state index is -0.247. The molecule has 2 fully saturated rings. The van der Waals surface area contributed by atoms with Crippen molar-refractivity contribution in [1.82, 2.24) is 15.6 Å². The fourth-order valence-corrected chi connectivity index (χ4v) is 4.50. The number of hydrogen-bond donors (Lipinski definition) is 3. The number of benzene rings is 1. The highest BCUT2D eigenvalue weighted by Crippen LogP contribution is 2.43. The maximum atomic E-state index is 13.0. The highest BCUT2D eigenvalue weighted by molar-refractivity contribution is 6.02. The molecule has 4 rings (SSSR count). The van der Waals surface area contributed by atoms with E-state index in [1.807, 2.05) is 24.3 Å². The molecule has 0 unspecified atom stereocenters. The standard InChI is InChI=1S/C22H26N4O2/c27-20(19-9-2-4-11-24-19)26-18-8-5-6-16(12-18)13-25-21(28)22-10-3-1-7-17(22)14-23-15-22/h2,4-6,8-9,11-12,17,23H,1,3,7,10,13-15H2,(H,25,28)(H,26,27)/t17-,22+/m0/s1. The summed E-state index contributed by atoms with van der Waals surface area (Å²) in [5.74, 6) is 0.359. The fourth-order valence-electron chi connectivity index (χ4n) is 4.50. The van der Waals surface area contributed by atoms with E-state index < -0.39 is 0 Å². The second kappa shape index (κ2) is 8.10. The van der Waals surface area contributed by atoms with Gasteiger partial charge in [0, 0.05) is 25.0 Å². The van der Waals surface area contributed by atoms with Gasteiger partial charge in [-0.1, -0.05) is 31.0 Å². The summed E-state index contributed by atoms with van der Waals surface area (Å²) in [5, 5.41) is 9.42. The molecule has 2 amide bonds. The van der Waals surface area contributed by atoms with Gasteiger partial charge in [-0.2, -0.15) is 0 Å². The largest absolute Gasteiger partial charge is 0.351 e. The normalized spacial score (nSPS) is 23.6. The van der Waals surface area contributed by atoms with Crippen LogP contribution in [0.25, 0.3) is 0 Å². The maximum absolute atomic E-state index is 13.0. The number of anilines is 1. The predicted molar refractivity (Wildman–Crippen MR) is 108 cm³/mol. The Balaban J connectivity index is 1.38. The number of nitrogens with zero attached hydrogens (tertiary/aromatic N) is 1. The number of carbonyl (C=O) groups excluding carboxylic acids is 2. The van der Waals surface area contributed by atoms with Crippen molar-refractivity contribution >= 4 is 17.5 Å². The van der Waals surface area contributed by atoms with Gasteiger partial charge in [0.25, 0.3) is 5.91 Å². The Morgan fingerprint density at radius 2 is 2.11 bits per heavy atom. The van der Waals surface area contributed by atoms with Crippen LogP contribution >= 0.6 is 0 Å². The van der Waals surface area contributed by atoms with Crippen LogP contribution in [0.4, 0.5) is 5.69 Å². The van der Waals surface area contributed by atoms with E-state index in [4.69, 9.17) is 0 Å². The molecule has 1 aromatic carbocycles. The lowest BCUT2D eigenvalue weighted by atomic mass is 9.67. The lowest BCUT2D eigenvalue weighted by molar-refractivity contribution is -0.134. The van der Waals surface area contributed by atoms with E-state index in [1.54, 1.807) is 24.4 Å². The lowest BCUT2D eigenvalue weighted by Gasteiger charge is -2.37. The quantitative estimate of drug-likeness (QED) is 0.747. The van der Waals surface area contributed by atoms with Crippen molar-refractivity contribution in [1.29, 1.82) is 0 Å². The smallest absolute Gasteiger partial charge is 0.274 e. The molecule has 0 spiro atoms. The Kier molecular flexibility index (Phi) is 5.39. The van der Waals surface area contributed by atoms with Gasteiger partial charge in [0.05, 0.1) is 5.41 Å². The Labute approximate surface area is 165 Å². The van der Waals surface area contributed by atoms with E-state index in [1.165, 1.54) is 6.42 Å². The first kappa shape index (κ1) is 18.6. The second-order valence-electron chi connectivity index (χ2n) is 7.78. The SMILES string of the molecule is O=C(Nc1cccc(CNC(=O)[C@@]23CCCC[C@H]2CNC3)c1)c1ccccn1. The average Bonchev–Trinajstić information content (AvgIpc) is 3.18. The third-order valence-corrected chi connectivity index (χ3v) is 6.03. The molecule has 1 aromatic heterocycles. The molecule has 2 atom stereocenters. The zero-order valence-corrected chi connectivity index (χ0v) is 15.9. The molecule has 2 aromatic rings. The number of fused-ring (bicyclic) bond motifs is 1. The van der Waals surface area contributed by atoms with Crippen molar-refractivity contribution in [2.24, 2.45) is 11.3 Å². The number of aromatic nitrogens is 1. The molecule has 1 saturated heterocycles. The summed E-state index contributed by atoms with van der Waals surface area (Å²) in [6, 6.07) is 12.8. The van der Waals surface area contributed by atoms with Crippen molar-refractivity contribution < 1.29 is 9.59 Å². The van der Waals surface area contributed by atoms with Crippen LogP contribution in [0.5, 0.6) is 0 Å². The van der Waals surface area contributed by atoms with Gasteiger partial charge in [-0.15, -0.1) is 0 Å². The molecule has 3 N–H and O–H groups in total. The third-order valence-electron chi connectivity index (χ3n) is 6.03. The van der Waals surface area contributed by atoms with Crippen LogP contribution in [0.1, 0.15) is 41.7 Å². The van der Waals surface area contributed by atoms with Crippen LogP contribution in [0.2, 0.25) is 0 Å². The molecule has 0 bridgehead atoms. The lowest BCUT2D eigenvalue weighted by Crippen LogP contribution is -2.47. The average molecular weight is 378 g/mol. The Bertz CT molecular complexity index is 855. The van der Waals surface area contributed by atoms with Crippen molar-refractivity contribution in [2.45, 2.75) is 32.2 Å². The summed E-state index contributed by atoms with van der Waals surface area (Å²) in [5.41, 5.74) is 1.78. The van der Waals surface area contributed by atoms with Gasteiger partial charge < -0.3 is 16.0 Å². The first-order valence-electron chi connectivity index (χ1n) is 9.98. The van der Waals surface area contributed by atoms with Gasteiger partial charge in [-0.05, 0) is 55.1 Å². The summed E-state index contributed by atoms with van der Waals surface area (Å²) in [7, 11) is 0. The van der Waals surface area contributed by atoms with Crippen LogP contribution in [0.3, 0.4) is 0 Å². The zero-order chi connectivity index (χ0) is 19.4. The van der Waals surface area contributed by atoms with Crippen LogP contribution in [0, 0.1) is 11.3 Å². The van der Waals surface area contributed by atoms with E-state index in [2.05, 4.69) is 20.9 Å². The number of nitrogens with one attached hydrogen (secondary N) is 3. The summed E-state index contributed by atoms with van der Waals surface area (Å²) >= 11 is 0. The monoisotopic (exact) mass is 378 g/mol. The van der Waals surface area contributed by atoms with Crippen LogP contribution in [-0.2, 0) is 11.3 Å². The van der Waals surface area contributed by atoms with Gasteiger partial charge >= 0.3 is 0 Å². The predicted octanol–water partition coefficient (Wildman–Crippen LogP) is 2.73. The maximum Gasteiger partial charge on any atom is 0.274 e. The molecule has 2 aliphatic rings. The van der Waals surface area contributed by atoms with Crippen molar-refractivity contribution in [3.8, 4) is 0 Å². The van der Waals surface area contributed by atoms with E-state index in [9.17, 15) is 9.59 Å². The van der Waals surface area contributed by atoms with E-state index >= 15 is 0 Å². The third kappa shape index (κ3) is 3.78. The van der Waals surface area contributed by atoms with Crippen LogP contribution in [-0.4, -0.2) is 29.9 Å². The highest BCUT2D eigenvalue weighted by Gasteiger charge is 2.49. The molecule has 0 radical (unpaired) electrons. The first-order chi connectivity index (χ1) is 13.7. The molecule has 2 heterocycles. The summed E-state index contributed by atoms with van der Waals surface area (Å²) in [4.78, 5) is 29.3. The van der Waals surface area contributed by atoms with Crippen molar-refractivity contribution in [3.63, 3.8) is 0 Å². The molecule has 28 heavy (non-hydrogen) atoms. The Hall–Kier alpha value is -2.73. The number of amides is 2. The number of carbonyl (C=O) groups is 2. The van der Waals surface area contributed by atoms with Gasteiger partial charge in [0.1, 0.15) is 5.69 Å². The molecule has 1 aliphatic heterocycles. The topological polar surface area (TPSA) is 83.1 Å². The second-order valence-corrected chi connectivity index (χ2v) is 7.78. The molecule has 6 nitrogen and oxygen atoms in total. The molecular formula is C22H26N4O2. The zero-order valence-electron chi connectivity index (χ0n) is 15.9. The minimum Gasteiger partial charge on any atom is -0.351 e. The van der Waals surface area contributed by atoms with E-state index in [0.717, 1.165) is 37.9 Å². The molecule has 146 valence electrons. The number of rotatable bonds is 5. The Morgan fingerprint density at radius 1 is 1.18 bits per heavy atom. The first-order valence-corrected chi connectivity index (χ1v) is 9.98. The molecule has 1 saturated carbocycles. The van der Waals surface area contributed by atoms with Gasteiger partial charge in [-0.3, -0.25) is 14.6 Å². The van der Waals surface area contributed by atoms with E-state index in [0.29, 0.717) is 23.8 Å². The summed E-state index contributed by atoms with van der Waals surface area (Å²) in [6.45, 7) is 2.19. The summed E-state index contributed by atoms with van der Waals surface area (Å²) < 4.78 is 0. The number of hydrogen-bond acceptors (Lipinski definition) is 4. The summed E-state index contributed by atoms with van der Waals surface area (Å²) in [6.07, 6.45) is 6.04. The van der Waals surface area contributed by atoms with Crippen LogP contribution < -0.4 is 16.0 Å². The highest BCUT2D eigenvalue weighted by atomic mass is 16.2. The van der Waals surface area contributed by atoms with Gasteiger partial charge in [0.2, 0.25) is 5.91 Å². The van der Waals surface area contributed by atoms with Crippen LogP contribution in [0.15, 0.2) is 48.7 Å².